The maximum absolute atomic E-state index is 12.3. The van der Waals surface area contributed by atoms with Gasteiger partial charge in [-0.25, -0.2) is 10.5 Å². The molecule has 23 nitrogen and oxygen atoms in total. The van der Waals surface area contributed by atoms with Crippen molar-refractivity contribution >= 4 is 118 Å². The number of rotatable bonds is 19. The van der Waals surface area contributed by atoms with Gasteiger partial charge in [-0.15, -0.1) is 8.67 Å². The van der Waals surface area contributed by atoms with Crippen LogP contribution in [0.1, 0.15) is 11.1 Å². The lowest BCUT2D eigenvalue weighted by molar-refractivity contribution is -0.432. The van der Waals surface area contributed by atoms with Gasteiger partial charge < -0.3 is 21.1 Å². The van der Waals surface area contributed by atoms with Crippen molar-refractivity contribution < 1.29 is 60.3 Å². The van der Waals surface area contributed by atoms with Crippen LogP contribution < -0.4 is 16.0 Å². The van der Waals surface area contributed by atoms with Crippen LogP contribution in [0.15, 0.2) is 137 Å². The van der Waals surface area contributed by atoms with Crippen molar-refractivity contribution in [2.45, 2.75) is 33.4 Å². The first kappa shape index (κ1) is 47.6. The van der Waals surface area contributed by atoms with Gasteiger partial charge in [0.05, 0.1) is 53.4 Å². The van der Waals surface area contributed by atoms with Crippen LogP contribution in [0.25, 0.3) is 21.5 Å². The van der Waals surface area contributed by atoms with Crippen LogP contribution in [-0.4, -0.2) is 69.7 Å². The first-order chi connectivity index (χ1) is 31.6. The molecule has 7 rings (SSSR count). The number of fused-ring (bicyclic) bond motifs is 2. The predicted octanol–water partition coefficient (Wildman–Crippen LogP) is 9.87. The Hall–Kier alpha value is -6.31. The molecule has 1 heterocycles. The van der Waals surface area contributed by atoms with Gasteiger partial charge >= 0.3 is 0 Å². The molecule has 0 unspecified atom stereocenters. The molecular weight excluding hydrogens is 945 g/mol. The first-order valence-electron chi connectivity index (χ1n) is 18.7. The summed E-state index contributed by atoms with van der Waals surface area (Å²) in [5.41, 5.74) is 3.58. The fourth-order valence-electron chi connectivity index (χ4n) is 6.32. The molecule has 0 saturated carbocycles. The fourth-order valence-corrected chi connectivity index (χ4v) is 8.78. The van der Waals surface area contributed by atoms with Crippen LogP contribution in [-0.2, 0) is 39.0 Å². The number of aromatic nitrogens is 3. The van der Waals surface area contributed by atoms with E-state index in [0.717, 1.165) is 0 Å². The second-order valence-corrected chi connectivity index (χ2v) is 17.9. The monoisotopic (exact) mass is 978 g/mol. The Morgan fingerprint density at radius 1 is 0.576 bits per heavy atom. The van der Waals surface area contributed by atoms with Gasteiger partial charge in [-0.2, -0.15) is 52.2 Å². The minimum atomic E-state index is -4.69. The summed E-state index contributed by atoms with van der Waals surface area (Å²) in [5, 5.41) is 61.5. The van der Waals surface area contributed by atoms with Crippen LogP contribution in [0.2, 0.25) is 0 Å². The Balaban J connectivity index is 1.10. The zero-order chi connectivity index (χ0) is 47.0. The van der Waals surface area contributed by atoms with E-state index in [4.69, 9.17) is 10.5 Å². The third-order valence-corrected chi connectivity index (χ3v) is 12.3. The minimum absolute atomic E-state index is 0.0907. The average molecular weight is 979 g/mol. The second-order valence-electron chi connectivity index (χ2n) is 13.6. The van der Waals surface area contributed by atoms with Gasteiger partial charge in [0.15, 0.2) is 0 Å². The molecule has 27 heteroatoms. The van der Waals surface area contributed by atoms with E-state index in [1.165, 1.54) is 48.5 Å². The maximum atomic E-state index is 12.3. The molecule has 66 heavy (non-hydrogen) atoms. The molecule has 1 aromatic heterocycles. The molecule has 6 aromatic carbocycles. The summed E-state index contributed by atoms with van der Waals surface area (Å²) >= 11 is 1.20. The number of hydrogen-bond acceptors (Lipinski definition) is 23. The van der Waals surface area contributed by atoms with Gasteiger partial charge in [0, 0.05) is 43.9 Å². The van der Waals surface area contributed by atoms with Crippen LogP contribution in [0, 0.1) is 13.8 Å². The number of aliphatic hydroxyl groups excluding tert-OH is 1. The van der Waals surface area contributed by atoms with Crippen molar-refractivity contribution in [1.29, 1.82) is 0 Å². The van der Waals surface area contributed by atoms with Gasteiger partial charge in [0.25, 0.3) is 20.2 Å². The molecule has 7 aromatic rings. The summed E-state index contributed by atoms with van der Waals surface area (Å²) < 4.78 is 77.8. The lowest BCUT2D eigenvalue weighted by atomic mass is 10.1. The Morgan fingerprint density at radius 2 is 1.11 bits per heavy atom. The molecule has 0 aliphatic carbocycles. The van der Waals surface area contributed by atoms with E-state index in [-0.39, 0.29) is 58.0 Å². The topological polar surface area (TPSA) is 331 Å². The number of nitrogens with one attached hydrogen (secondary N) is 3. The van der Waals surface area contributed by atoms with Crippen LogP contribution in [0.5, 0.6) is 0 Å². The number of azo groups is 2. The molecule has 0 radical (unpaired) electrons. The summed E-state index contributed by atoms with van der Waals surface area (Å²) in [6, 6.07) is 24.7. The predicted molar refractivity (Wildman–Crippen MR) is 242 cm³/mol. The van der Waals surface area contributed by atoms with Crippen molar-refractivity contribution in [2.24, 2.45) is 20.5 Å². The minimum Gasteiger partial charge on any atom is -0.395 e. The molecule has 0 aliphatic heterocycles. The fraction of sp³-hybridized carbons (Fsp3) is 0.103. The molecule has 0 atom stereocenters. The Bertz CT molecular complexity index is 3240. The first-order valence-corrected chi connectivity index (χ1v) is 23.1. The molecule has 0 amide bonds. The largest absolute Gasteiger partial charge is 0.395 e. The average Bonchev–Trinajstić information content (AvgIpc) is 3.27. The van der Waals surface area contributed by atoms with Gasteiger partial charge in [-0.3, -0.25) is 9.11 Å². The standard InChI is InChI=1S/C39H34N10O13S4/c1-21-15-23(9-11-31(21)48-46-25-18-30-27(34(19-25)64-62-60-52)5-4-8-35(30)65(53,54)55)41-38-43-37(40-13-14-50)44-39(45-38)42-24-10-12-32(22(2)16-24)49-47-26-17-29-28(36(20-26)66(56,57)58)6-3-7-33(29)63-61-59-51/h3-12,15-20,50-52H,13-14H2,1-2H3,(H,53,54,55)(H,56,57,58)(H3,40,41,42,43,44,45). The van der Waals surface area contributed by atoms with E-state index >= 15 is 0 Å². The highest BCUT2D eigenvalue weighted by molar-refractivity contribution is 7.95. The van der Waals surface area contributed by atoms with E-state index in [1.807, 2.05) is 0 Å². The Kier molecular flexibility index (Phi) is 15.1. The summed E-state index contributed by atoms with van der Waals surface area (Å²) in [5.74, 6) is 0.402. The summed E-state index contributed by atoms with van der Waals surface area (Å²) in [7, 11) is -9.31. The van der Waals surface area contributed by atoms with Gasteiger partial charge in [-0.1, -0.05) is 34.3 Å². The number of hydrogen-bond donors (Lipinski definition) is 8. The quantitative estimate of drug-likeness (QED) is 0.0123. The van der Waals surface area contributed by atoms with Crippen molar-refractivity contribution in [3.8, 4) is 0 Å². The van der Waals surface area contributed by atoms with Gasteiger partial charge in [0.1, 0.15) is 9.79 Å². The molecule has 0 fully saturated rings. The van der Waals surface area contributed by atoms with Crippen LogP contribution >= 0.6 is 24.1 Å². The van der Waals surface area contributed by atoms with Gasteiger partial charge in [-0.05, 0) is 103 Å². The number of anilines is 5. The van der Waals surface area contributed by atoms with Crippen LogP contribution in [0.4, 0.5) is 52.0 Å². The highest BCUT2D eigenvalue weighted by Crippen LogP contribution is 2.39. The number of aryl methyl sites for hydroxylation is 2. The zero-order valence-corrected chi connectivity index (χ0v) is 37.2. The van der Waals surface area contributed by atoms with Crippen molar-refractivity contribution in [1.82, 2.24) is 15.0 Å². The van der Waals surface area contributed by atoms with Crippen LogP contribution in [0.3, 0.4) is 0 Å². The van der Waals surface area contributed by atoms with E-state index in [9.17, 15) is 31.0 Å². The Morgan fingerprint density at radius 3 is 1.67 bits per heavy atom. The lowest BCUT2D eigenvalue weighted by Gasteiger charge is -2.12. The lowest BCUT2D eigenvalue weighted by Crippen LogP contribution is -2.12. The van der Waals surface area contributed by atoms with E-state index < -0.39 is 25.1 Å². The highest BCUT2D eigenvalue weighted by Gasteiger charge is 2.20. The summed E-state index contributed by atoms with van der Waals surface area (Å²) in [6.07, 6.45) is 0. The third-order valence-electron chi connectivity index (χ3n) is 9.15. The molecular formula is C39H34N10O13S4. The number of benzene rings is 6. The third kappa shape index (κ3) is 11.7. The molecule has 0 bridgehead atoms. The second kappa shape index (κ2) is 20.9. The maximum Gasteiger partial charge on any atom is 0.295 e. The number of nitrogens with zero attached hydrogens (tertiary/aromatic N) is 7. The highest BCUT2D eigenvalue weighted by atomic mass is 32.2. The smallest absolute Gasteiger partial charge is 0.295 e. The molecule has 8 N–H and O–H groups in total. The van der Waals surface area contributed by atoms with E-state index in [0.29, 0.717) is 78.5 Å². The molecule has 0 spiro atoms. The zero-order valence-electron chi connectivity index (χ0n) is 33.9. The number of aliphatic hydroxyl groups is 1. The SMILES string of the molecule is Cc1cc(Nc2nc(NCCO)nc(Nc3ccc(N=Nc4cc(SOOO)c5cccc(S(=O)(=O)O)c5c4)c(C)c3)n2)ccc1N=Nc1cc(S(=O)(=O)O)c2cccc(SOOO)c2c1. The molecule has 342 valence electrons. The van der Waals surface area contributed by atoms with E-state index in [1.54, 1.807) is 62.4 Å². The summed E-state index contributed by atoms with van der Waals surface area (Å²) in [6.45, 7) is 3.50. The molecule has 0 saturated heterocycles. The van der Waals surface area contributed by atoms with Crippen molar-refractivity contribution in [3.63, 3.8) is 0 Å². The van der Waals surface area contributed by atoms with Crippen molar-refractivity contribution in [2.75, 3.05) is 29.1 Å². The van der Waals surface area contributed by atoms with E-state index in [2.05, 4.69) is 70.1 Å². The van der Waals surface area contributed by atoms with Crippen molar-refractivity contribution in [3.05, 3.63) is 108 Å². The normalized spacial score (nSPS) is 12.2. The Labute approximate surface area is 382 Å². The van der Waals surface area contributed by atoms with Gasteiger partial charge in [0.2, 0.25) is 17.8 Å². The summed E-state index contributed by atoms with van der Waals surface area (Å²) in [4.78, 5) is 13.2. The molecule has 0 aliphatic rings.